The van der Waals surface area contributed by atoms with Crippen molar-refractivity contribution in [3.8, 4) is 0 Å². The Morgan fingerprint density at radius 1 is 0.818 bits per heavy atom. The molecular weight excluding hydrogens is 428 g/mol. The van der Waals surface area contributed by atoms with Gasteiger partial charge in [-0.05, 0) is 30.3 Å². The number of hydrogen-bond acceptors (Lipinski definition) is 0. The zero-order valence-electron chi connectivity index (χ0n) is 11.9. The molecule has 1 heterocycles. The van der Waals surface area contributed by atoms with E-state index in [4.69, 9.17) is 23.2 Å². The predicted octanol–water partition coefficient (Wildman–Crippen LogP) is 2.15. The van der Waals surface area contributed by atoms with Crippen LogP contribution in [0.2, 0.25) is 10.0 Å². The Balaban J connectivity index is 0.00000176. The third-order valence-corrected chi connectivity index (χ3v) is 4.20. The first kappa shape index (κ1) is 17.3. The second-order valence-electron chi connectivity index (χ2n) is 4.84. The van der Waals surface area contributed by atoms with Crippen LogP contribution >= 0.6 is 23.2 Å². The van der Waals surface area contributed by atoms with Crippen LogP contribution in [0.5, 0.6) is 0 Å². The van der Waals surface area contributed by atoms with Gasteiger partial charge in [0.05, 0.1) is 0 Å². The summed E-state index contributed by atoms with van der Waals surface area (Å²) in [5, 5.41) is 2.53. The summed E-state index contributed by atoms with van der Waals surface area (Å²) in [5.74, 6) is 0. The number of hydrogen-bond donors (Lipinski definition) is 0. The SMILES string of the molecule is C[n+]1c(/C=C/c2c(Cl)cccc2Cl)ccc2ccccc21.[I-]. The first-order valence-corrected chi connectivity index (χ1v) is 7.42. The van der Waals surface area contributed by atoms with Crippen LogP contribution in [0.1, 0.15) is 11.3 Å². The summed E-state index contributed by atoms with van der Waals surface area (Å²) in [6.45, 7) is 0. The van der Waals surface area contributed by atoms with Gasteiger partial charge >= 0.3 is 0 Å². The zero-order chi connectivity index (χ0) is 14.8. The molecule has 4 heteroatoms. The smallest absolute Gasteiger partial charge is 0.212 e. The van der Waals surface area contributed by atoms with Gasteiger partial charge in [0, 0.05) is 39.2 Å². The maximum atomic E-state index is 6.19. The lowest BCUT2D eigenvalue weighted by Crippen LogP contribution is -3.00. The second kappa shape index (κ2) is 7.44. The van der Waals surface area contributed by atoms with Crippen molar-refractivity contribution in [2.45, 2.75) is 0 Å². The number of pyridine rings is 1. The van der Waals surface area contributed by atoms with Gasteiger partial charge in [0.2, 0.25) is 11.2 Å². The summed E-state index contributed by atoms with van der Waals surface area (Å²) in [6.07, 6.45) is 3.98. The molecule has 2 aromatic carbocycles. The summed E-state index contributed by atoms with van der Waals surface area (Å²) >= 11 is 12.4. The fraction of sp³-hybridized carbons (Fsp3) is 0.0556. The normalized spacial score (nSPS) is 10.9. The molecule has 0 saturated heterocycles. The molecule has 3 aromatic rings. The molecule has 0 spiro atoms. The van der Waals surface area contributed by atoms with Gasteiger partial charge in [-0.1, -0.05) is 41.4 Å². The Morgan fingerprint density at radius 3 is 2.23 bits per heavy atom. The Hall–Kier alpha value is -1.10. The molecule has 0 unspecified atom stereocenters. The summed E-state index contributed by atoms with van der Waals surface area (Å²) in [5.41, 5.74) is 3.11. The van der Waals surface area contributed by atoms with Gasteiger partial charge in [-0.3, -0.25) is 0 Å². The van der Waals surface area contributed by atoms with Crippen molar-refractivity contribution < 1.29 is 28.5 Å². The molecule has 112 valence electrons. The molecule has 0 aliphatic rings. The van der Waals surface area contributed by atoms with Crippen LogP contribution in [-0.4, -0.2) is 0 Å². The number of aryl methyl sites for hydroxylation is 1. The number of para-hydroxylation sites is 1. The van der Waals surface area contributed by atoms with Gasteiger partial charge in [0.1, 0.15) is 7.05 Å². The van der Waals surface area contributed by atoms with E-state index in [1.54, 1.807) is 0 Å². The predicted molar refractivity (Wildman–Crippen MR) is 90.5 cm³/mol. The van der Waals surface area contributed by atoms with E-state index in [1.165, 1.54) is 10.9 Å². The summed E-state index contributed by atoms with van der Waals surface area (Å²) < 4.78 is 2.15. The van der Waals surface area contributed by atoms with E-state index < -0.39 is 0 Å². The van der Waals surface area contributed by atoms with E-state index in [-0.39, 0.29) is 24.0 Å². The van der Waals surface area contributed by atoms with Crippen LogP contribution in [0.4, 0.5) is 0 Å². The summed E-state index contributed by atoms with van der Waals surface area (Å²) in [7, 11) is 2.05. The average molecular weight is 442 g/mol. The number of benzene rings is 2. The van der Waals surface area contributed by atoms with E-state index in [9.17, 15) is 0 Å². The van der Waals surface area contributed by atoms with Crippen LogP contribution in [0, 0.1) is 0 Å². The zero-order valence-corrected chi connectivity index (χ0v) is 15.6. The number of nitrogens with zero attached hydrogens (tertiary/aromatic N) is 1. The lowest BCUT2D eigenvalue weighted by atomic mass is 10.1. The molecule has 0 N–H and O–H groups in total. The number of rotatable bonds is 2. The molecule has 0 aliphatic carbocycles. The van der Waals surface area contributed by atoms with Crippen LogP contribution in [0.25, 0.3) is 23.1 Å². The van der Waals surface area contributed by atoms with E-state index in [0.29, 0.717) is 10.0 Å². The second-order valence-corrected chi connectivity index (χ2v) is 5.66. The molecule has 3 rings (SSSR count). The molecule has 1 nitrogen and oxygen atoms in total. The minimum Gasteiger partial charge on any atom is -1.00 e. The van der Waals surface area contributed by atoms with Crippen molar-refractivity contribution >= 4 is 46.3 Å². The molecule has 22 heavy (non-hydrogen) atoms. The van der Waals surface area contributed by atoms with Crippen molar-refractivity contribution in [3.63, 3.8) is 0 Å². The highest BCUT2D eigenvalue weighted by molar-refractivity contribution is 6.37. The number of aromatic nitrogens is 1. The lowest BCUT2D eigenvalue weighted by Gasteiger charge is -2.02. The fourth-order valence-corrected chi connectivity index (χ4v) is 2.89. The highest BCUT2D eigenvalue weighted by Gasteiger charge is 2.09. The van der Waals surface area contributed by atoms with Gasteiger partial charge in [0.15, 0.2) is 0 Å². The van der Waals surface area contributed by atoms with Gasteiger partial charge < -0.3 is 24.0 Å². The molecule has 1 aromatic heterocycles. The number of fused-ring (bicyclic) bond motifs is 1. The van der Waals surface area contributed by atoms with Crippen LogP contribution in [-0.2, 0) is 7.05 Å². The van der Waals surface area contributed by atoms with E-state index in [0.717, 1.165) is 11.3 Å². The Bertz CT molecular complexity index is 823. The fourth-order valence-electron chi connectivity index (χ4n) is 2.37. The summed E-state index contributed by atoms with van der Waals surface area (Å²) in [6, 6.07) is 18.0. The number of halogens is 3. The van der Waals surface area contributed by atoms with Gasteiger partial charge in [-0.15, -0.1) is 0 Å². The summed E-state index contributed by atoms with van der Waals surface area (Å²) in [4.78, 5) is 0. The molecule has 0 amide bonds. The topological polar surface area (TPSA) is 3.88 Å². The van der Waals surface area contributed by atoms with Crippen molar-refractivity contribution in [1.29, 1.82) is 0 Å². The molecule has 0 radical (unpaired) electrons. The molecule has 0 saturated carbocycles. The quantitative estimate of drug-likeness (QED) is 0.423. The van der Waals surface area contributed by atoms with E-state index in [2.05, 4.69) is 35.9 Å². The highest BCUT2D eigenvalue weighted by Crippen LogP contribution is 2.26. The third kappa shape index (κ3) is 3.45. The average Bonchev–Trinajstić information content (AvgIpc) is 2.49. The third-order valence-electron chi connectivity index (χ3n) is 3.54. The minimum absolute atomic E-state index is 0. The molecule has 0 fully saturated rings. The largest absolute Gasteiger partial charge is 1.00 e. The Morgan fingerprint density at radius 2 is 1.50 bits per heavy atom. The maximum absolute atomic E-state index is 6.19. The molecule has 0 bridgehead atoms. The van der Waals surface area contributed by atoms with Gasteiger partial charge in [-0.25, -0.2) is 0 Å². The van der Waals surface area contributed by atoms with E-state index >= 15 is 0 Å². The van der Waals surface area contributed by atoms with Crippen molar-refractivity contribution in [3.05, 3.63) is 75.9 Å². The Labute approximate surface area is 157 Å². The van der Waals surface area contributed by atoms with Crippen LogP contribution in [0.3, 0.4) is 0 Å². The standard InChI is InChI=1S/C18H14Cl2N.HI/c1-21-14(10-9-13-5-2-3-8-18(13)21)11-12-15-16(19)6-4-7-17(15)20;/h2-12H,1H3;1H/q+1;/p-1/b12-11+;. The van der Waals surface area contributed by atoms with Crippen LogP contribution in [0.15, 0.2) is 54.6 Å². The van der Waals surface area contributed by atoms with Crippen molar-refractivity contribution in [1.82, 2.24) is 0 Å². The monoisotopic (exact) mass is 441 g/mol. The first-order valence-electron chi connectivity index (χ1n) is 6.67. The van der Waals surface area contributed by atoms with Crippen LogP contribution < -0.4 is 28.5 Å². The van der Waals surface area contributed by atoms with Crippen molar-refractivity contribution in [2.75, 3.05) is 0 Å². The lowest BCUT2D eigenvalue weighted by molar-refractivity contribution is -0.646. The maximum Gasteiger partial charge on any atom is 0.212 e. The molecular formula is C18H14Cl2IN. The minimum atomic E-state index is 0. The van der Waals surface area contributed by atoms with Crippen molar-refractivity contribution in [2.24, 2.45) is 7.05 Å². The highest BCUT2D eigenvalue weighted by atomic mass is 127. The Kier molecular flexibility index (Phi) is 5.84. The van der Waals surface area contributed by atoms with Gasteiger partial charge in [-0.2, -0.15) is 4.57 Å². The van der Waals surface area contributed by atoms with E-state index in [1.807, 2.05) is 42.5 Å². The molecule has 0 aliphatic heterocycles. The first-order chi connectivity index (χ1) is 10.2. The van der Waals surface area contributed by atoms with Gasteiger partial charge in [0.25, 0.3) is 0 Å². The molecule has 0 atom stereocenters.